The quantitative estimate of drug-likeness (QED) is 0.131. The van der Waals surface area contributed by atoms with E-state index < -0.39 is 35.7 Å². The number of primary amides is 2. The van der Waals surface area contributed by atoms with E-state index in [1.807, 2.05) is 0 Å². The van der Waals surface area contributed by atoms with E-state index in [2.05, 4.69) is 4.74 Å². The minimum absolute atomic E-state index is 0.0160. The van der Waals surface area contributed by atoms with E-state index in [0.717, 1.165) is 0 Å². The molecule has 0 aromatic heterocycles. The number of hydrogen-bond acceptors (Lipinski definition) is 10. The van der Waals surface area contributed by atoms with Crippen molar-refractivity contribution in [2.24, 2.45) is 11.5 Å². The second-order valence-corrected chi connectivity index (χ2v) is 8.55. The van der Waals surface area contributed by atoms with Crippen LogP contribution in [0.25, 0.3) is 0 Å². The lowest BCUT2D eigenvalue weighted by Gasteiger charge is -2.04. The van der Waals surface area contributed by atoms with E-state index >= 15 is 0 Å². The van der Waals surface area contributed by atoms with Crippen molar-refractivity contribution in [3.63, 3.8) is 0 Å². The molecule has 240 valence electrons. The van der Waals surface area contributed by atoms with Crippen molar-refractivity contribution in [3.8, 4) is 23.0 Å². The second kappa shape index (κ2) is 18.8. The molecular formula is C32H30N2O12. The van der Waals surface area contributed by atoms with Crippen molar-refractivity contribution in [1.82, 2.24) is 0 Å². The van der Waals surface area contributed by atoms with Crippen LogP contribution in [0.1, 0.15) is 55.3 Å². The Morgan fingerprint density at radius 2 is 0.783 bits per heavy atom. The zero-order valence-corrected chi connectivity index (χ0v) is 24.4. The minimum atomic E-state index is -1.11. The summed E-state index contributed by atoms with van der Waals surface area (Å²) in [5, 5.41) is 35.0. The Hall–Kier alpha value is -6.70. The summed E-state index contributed by atoms with van der Waals surface area (Å²) in [5.74, 6) is -4.47. The number of nitrogens with two attached hydrogens (primary N) is 2. The summed E-state index contributed by atoms with van der Waals surface area (Å²) in [7, 11) is 0. The van der Waals surface area contributed by atoms with Gasteiger partial charge in [-0.15, -0.1) is 0 Å². The molecule has 0 aliphatic heterocycles. The molecule has 0 aliphatic carbocycles. The van der Waals surface area contributed by atoms with Crippen LogP contribution >= 0.6 is 0 Å². The van der Waals surface area contributed by atoms with E-state index in [-0.39, 0.29) is 45.3 Å². The van der Waals surface area contributed by atoms with Gasteiger partial charge in [-0.2, -0.15) is 0 Å². The van der Waals surface area contributed by atoms with Gasteiger partial charge in [-0.05, 0) is 48.5 Å². The fourth-order valence-corrected chi connectivity index (χ4v) is 3.14. The van der Waals surface area contributed by atoms with Gasteiger partial charge < -0.3 is 41.4 Å². The fourth-order valence-electron chi connectivity index (χ4n) is 3.14. The molecule has 4 aromatic carbocycles. The number of carboxylic acid groups (broad SMARTS) is 2. The zero-order chi connectivity index (χ0) is 34.8. The van der Waals surface area contributed by atoms with Gasteiger partial charge in [-0.1, -0.05) is 48.5 Å². The summed E-state index contributed by atoms with van der Waals surface area (Å²) in [4.78, 5) is 63.4. The van der Waals surface area contributed by atoms with Gasteiger partial charge in [-0.25, -0.2) is 9.59 Å². The van der Waals surface area contributed by atoms with Gasteiger partial charge in [0, 0.05) is 13.8 Å². The fraction of sp³-hybridized carbons (Fsp3) is 0.0625. The standard InChI is InChI=1S/C9H9NO3.C9H8O4.C7H7NO2.C7H6O3/c1-6(11)13-8-5-3-2-4-7(8)9(10)12;1-6(10)13-8-5-3-2-4-7(8)9(11)12;8-7(10)5-3-1-2-4-6(5)9;8-6-4-2-1-3-5(6)7(9)10/h2-5H,1H3,(H2,10,12);2-5H,1H3,(H,11,12);1-4,9H,(H2,8,10);1-4,8H,(H,9,10). The van der Waals surface area contributed by atoms with Crippen LogP contribution in [0.3, 0.4) is 0 Å². The number of carboxylic acids is 2. The summed E-state index contributed by atoms with van der Waals surface area (Å²) in [6, 6.07) is 24.3. The highest BCUT2D eigenvalue weighted by molar-refractivity contribution is 5.96. The number of aromatic carboxylic acids is 2. The number of ether oxygens (including phenoxy) is 2. The first kappa shape index (κ1) is 37.3. The van der Waals surface area contributed by atoms with Crippen LogP contribution in [0.4, 0.5) is 0 Å². The van der Waals surface area contributed by atoms with Crippen molar-refractivity contribution >= 4 is 35.7 Å². The van der Waals surface area contributed by atoms with Crippen LogP contribution in [0.15, 0.2) is 97.1 Å². The first-order chi connectivity index (χ1) is 21.6. The van der Waals surface area contributed by atoms with Gasteiger partial charge in [0.15, 0.2) is 0 Å². The number of carbonyl (C=O) groups excluding carboxylic acids is 4. The largest absolute Gasteiger partial charge is 0.507 e. The number of para-hydroxylation sites is 4. The molecule has 14 heteroatoms. The third kappa shape index (κ3) is 13.1. The van der Waals surface area contributed by atoms with Crippen LogP contribution in [-0.4, -0.2) is 56.1 Å². The molecule has 0 fully saturated rings. The van der Waals surface area contributed by atoms with Gasteiger partial charge >= 0.3 is 23.9 Å². The van der Waals surface area contributed by atoms with Crippen molar-refractivity contribution in [2.75, 3.05) is 0 Å². The van der Waals surface area contributed by atoms with Crippen LogP contribution in [0.2, 0.25) is 0 Å². The van der Waals surface area contributed by atoms with E-state index in [1.165, 1.54) is 62.4 Å². The lowest BCUT2D eigenvalue weighted by Crippen LogP contribution is -2.14. The Balaban J connectivity index is 0.000000309. The maximum Gasteiger partial charge on any atom is 0.339 e. The minimum Gasteiger partial charge on any atom is -0.507 e. The Kier molecular flexibility index (Phi) is 15.2. The number of aromatic hydroxyl groups is 2. The average Bonchev–Trinajstić information content (AvgIpc) is 2.98. The van der Waals surface area contributed by atoms with Crippen LogP contribution in [0, 0.1) is 0 Å². The molecule has 4 rings (SSSR count). The molecule has 0 heterocycles. The molecule has 0 aliphatic rings. The molecule has 0 spiro atoms. The monoisotopic (exact) mass is 634 g/mol. The molecule has 0 bridgehead atoms. The molecular weight excluding hydrogens is 604 g/mol. The zero-order valence-electron chi connectivity index (χ0n) is 24.4. The van der Waals surface area contributed by atoms with Crippen LogP contribution in [0.5, 0.6) is 23.0 Å². The Bertz CT molecular complexity index is 1580. The molecule has 0 atom stereocenters. The third-order valence-corrected chi connectivity index (χ3v) is 5.08. The van der Waals surface area contributed by atoms with Crippen molar-refractivity contribution in [3.05, 3.63) is 119 Å². The third-order valence-electron chi connectivity index (χ3n) is 5.08. The van der Waals surface area contributed by atoms with Crippen molar-refractivity contribution < 1.29 is 58.7 Å². The maximum absolute atomic E-state index is 10.8. The Morgan fingerprint density at radius 1 is 0.478 bits per heavy atom. The first-order valence-corrected chi connectivity index (χ1v) is 12.8. The lowest BCUT2D eigenvalue weighted by molar-refractivity contribution is -0.132. The van der Waals surface area contributed by atoms with Crippen molar-refractivity contribution in [2.45, 2.75) is 13.8 Å². The molecule has 0 saturated carbocycles. The van der Waals surface area contributed by atoms with Gasteiger partial charge in [0.2, 0.25) is 0 Å². The molecule has 4 aromatic rings. The number of amides is 2. The van der Waals surface area contributed by atoms with E-state index in [0.29, 0.717) is 0 Å². The highest BCUT2D eigenvalue weighted by atomic mass is 16.5. The summed E-state index contributed by atoms with van der Waals surface area (Å²) in [6.07, 6.45) is 0. The Labute approximate surface area is 262 Å². The topological polar surface area (TPSA) is 254 Å². The lowest BCUT2D eigenvalue weighted by atomic mass is 10.2. The number of phenols is 2. The number of benzene rings is 4. The molecule has 46 heavy (non-hydrogen) atoms. The van der Waals surface area contributed by atoms with Gasteiger partial charge in [0.1, 0.15) is 34.1 Å². The number of rotatable bonds is 6. The SMILES string of the molecule is CC(=O)Oc1ccccc1C(=O)O.CC(=O)Oc1ccccc1C(N)=O.NC(=O)c1ccccc1O.O=C(O)c1ccccc1O. The van der Waals surface area contributed by atoms with Crippen LogP contribution < -0.4 is 20.9 Å². The number of esters is 2. The number of hydrogen-bond donors (Lipinski definition) is 6. The molecule has 2 amide bonds. The van der Waals surface area contributed by atoms with Crippen LogP contribution in [-0.2, 0) is 9.59 Å². The predicted molar refractivity (Wildman–Crippen MR) is 163 cm³/mol. The smallest absolute Gasteiger partial charge is 0.339 e. The van der Waals surface area contributed by atoms with E-state index in [9.17, 15) is 28.8 Å². The summed E-state index contributed by atoms with van der Waals surface area (Å²) < 4.78 is 9.45. The van der Waals surface area contributed by atoms with Gasteiger partial charge in [-0.3, -0.25) is 19.2 Å². The molecule has 0 saturated heterocycles. The molecule has 0 radical (unpaired) electrons. The summed E-state index contributed by atoms with van der Waals surface area (Å²) >= 11 is 0. The summed E-state index contributed by atoms with van der Waals surface area (Å²) in [5.41, 5.74) is 10.3. The van der Waals surface area contributed by atoms with Crippen molar-refractivity contribution in [1.29, 1.82) is 0 Å². The summed E-state index contributed by atoms with van der Waals surface area (Å²) in [6.45, 7) is 2.48. The Morgan fingerprint density at radius 3 is 1.09 bits per heavy atom. The van der Waals surface area contributed by atoms with Gasteiger partial charge in [0.25, 0.3) is 11.8 Å². The highest BCUT2D eigenvalue weighted by Gasteiger charge is 2.11. The molecule has 0 unspecified atom stereocenters. The molecule has 14 nitrogen and oxygen atoms in total. The maximum atomic E-state index is 10.8. The van der Waals surface area contributed by atoms with E-state index in [4.69, 9.17) is 36.6 Å². The molecule has 8 N–H and O–H groups in total. The average molecular weight is 635 g/mol. The second-order valence-electron chi connectivity index (χ2n) is 8.55. The van der Waals surface area contributed by atoms with E-state index in [1.54, 1.807) is 48.5 Å². The number of carbonyl (C=O) groups is 6. The highest BCUT2D eigenvalue weighted by Crippen LogP contribution is 2.18. The predicted octanol–water partition coefficient (Wildman–Crippen LogP) is 3.60. The van der Waals surface area contributed by atoms with Gasteiger partial charge in [0.05, 0.1) is 11.1 Å². The first-order valence-electron chi connectivity index (χ1n) is 12.8. The normalized spacial score (nSPS) is 9.26.